The second-order valence-corrected chi connectivity index (χ2v) is 11.7. The third-order valence-electron chi connectivity index (χ3n) is 8.24. The molecule has 0 atom stereocenters. The number of rotatable bonds is 4. The van der Waals surface area contributed by atoms with Crippen molar-refractivity contribution >= 4 is 34.4 Å². The van der Waals surface area contributed by atoms with Crippen molar-refractivity contribution in [2.75, 3.05) is 23.4 Å². The Morgan fingerprint density at radius 1 is 0.976 bits per heavy atom. The highest BCUT2D eigenvalue weighted by Gasteiger charge is 2.36. The summed E-state index contributed by atoms with van der Waals surface area (Å²) in [4.78, 5) is 52.6. The molecule has 4 aromatic rings. The predicted molar refractivity (Wildman–Crippen MR) is 163 cm³/mol. The number of fused-ring (bicyclic) bond motifs is 2. The van der Waals surface area contributed by atoms with E-state index in [0.717, 1.165) is 65.6 Å². The summed E-state index contributed by atoms with van der Waals surface area (Å²) in [5, 5.41) is 0. The number of nitrogens with zero attached hydrogens (tertiary/aromatic N) is 8. The molecule has 2 amide bonds. The molecule has 10 nitrogen and oxygen atoms in total. The van der Waals surface area contributed by atoms with Gasteiger partial charge in [0.2, 0.25) is 11.8 Å². The second kappa shape index (κ2) is 11.6. The summed E-state index contributed by atoms with van der Waals surface area (Å²) in [7, 11) is 1.79. The number of carbonyl (C=O) groups is 2. The summed E-state index contributed by atoms with van der Waals surface area (Å²) in [6.07, 6.45) is 11.9. The molecule has 218 valence electrons. The smallest absolute Gasteiger partial charge is 0.230 e. The minimum absolute atomic E-state index is 0.0517. The van der Waals surface area contributed by atoms with E-state index in [1.54, 1.807) is 30.7 Å². The minimum atomic E-state index is 0.0517. The molecule has 0 bridgehead atoms. The van der Waals surface area contributed by atoms with Crippen LogP contribution in [0, 0.1) is 18.8 Å². The molecule has 4 heterocycles. The van der Waals surface area contributed by atoms with Crippen molar-refractivity contribution in [3.05, 3.63) is 42.7 Å². The first-order valence-corrected chi connectivity index (χ1v) is 15.1. The van der Waals surface area contributed by atoms with Gasteiger partial charge in [-0.1, -0.05) is 25.8 Å². The van der Waals surface area contributed by atoms with Crippen LogP contribution in [0.4, 0.5) is 11.4 Å². The molecule has 3 aromatic heterocycles. The Balaban J connectivity index is 0.000000729. The average Bonchev–Trinajstić information content (AvgIpc) is 3.95. The number of anilines is 2. The molecule has 0 radical (unpaired) electrons. The quantitative estimate of drug-likeness (QED) is 0.317. The van der Waals surface area contributed by atoms with Crippen molar-refractivity contribution in [1.29, 1.82) is 0 Å². The van der Waals surface area contributed by atoms with Gasteiger partial charge < -0.3 is 14.4 Å². The highest BCUT2D eigenvalue weighted by atomic mass is 16.2. The molecule has 2 fully saturated rings. The lowest BCUT2D eigenvalue weighted by Crippen LogP contribution is -2.34. The van der Waals surface area contributed by atoms with Gasteiger partial charge in [0, 0.05) is 50.4 Å². The molecular formula is C32H38N8O2. The van der Waals surface area contributed by atoms with Crippen molar-refractivity contribution in [3.8, 4) is 22.6 Å². The Hall–Kier alpha value is -4.21. The van der Waals surface area contributed by atoms with Crippen molar-refractivity contribution in [2.45, 2.75) is 72.3 Å². The van der Waals surface area contributed by atoms with Gasteiger partial charge in [-0.2, -0.15) is 0 Å². The highest BCUT2D eigenvalue weighted by molar-refractivity contribution is 6.05. The Morgan fingerprint density at radius 3 is 2.38 bits per heavy atom. The zero-order chi connectivity index (χ0) is 29.4. The first-order chi connectivity index (χ1) is 20.4. The van der Waals surface area contributed by atoms with Crippen molar-refractivity contribution in [3.63, 3.8) is 0 Å². The van der Waals surface area contributed by atoms with E-state index in [0.29, 0.717) is 36.5 Å². The average molecular weight is 567 g/mol. The van der Waals surface area contributed by atoms with Gasteiger partial charge >= 0.3 is 0 Å². The van der Waals surface area contributed by atoms with E-state index in [-0.39, 0.29) is 17.7 Å². The Labute approximate surface area is 246 Å². The third kappa shape index (κ3) is 5.62. The van der Waals surface area contributed by atoms with Crippen LogP contribution in [-0.4, -0.2) is 54.9 Å². The number of aromatic nitrogens is 6. The Kier molecular flexibility index (Phi) is 7.70. The molecule has 0 unspecified atom stereocenters. The van der Waals surface area contributed by atoms with Crippen LogP contribution >= 0.6 is 0 Å². The van der Waals surface area contributed by atoms with Gasteiger partial charge in [0.25, 0.3) is 0 Å². The largest absolute Gasteiger partial charge is 0.314 e. The molecule has 0 saturated heterocycles. The van der Waals surface area contributed by atoms with E-state index in [9.17, 15) is 9.59 Å². The van der Waals surface area contributed by atoms with Crippen LogP contribution in [0.1, 0.15) is 64.6 Å². The number of amides is 2. The number of benzene rings is 1. The van der Waals surface area contributed by atoms with Crippen LogP contribution in [0.2, 0.25) is 0 Å². The fourth-order valence-corrected chi connectivity index (χ4v) is 5.26. The molecule has 3 aliphatic rings. The van der Waals surface area contributed by atoms with Crippen LogP contribution in [0.15, 0.2) is 36.9 Å². The first-order valence-electron chi connectivity index (χ1n) is 15.1. The lowest BCUT2D eigenvalue weighted by Gasteiger charge is -2.28. The predicted octanol–water partition coefficient (Wildman–Crippen LogP) is 5.58. The van der Waals surface area contributed by atoms with Gasteiger partial charge in [-0.25, -0.2) is 24.9 Å². The normalized spacial score (nSPS) is 17.2. The van der Waals surface area contributed by atoms with Gasteiger partial charge in [0.05, 0.1) is 16.9 Å². The van der Waals surface area contributed by atoms with Crippen molar-refractivity contribution in [1.82, 2.24) is 29.5 Å². The van der Waals surface area contributed by atoms with Gasteiger partial charge in [-0.05, 0) is 57.6 Å². The van der Waals surface area contributed by atoms with Gasteiger partial charge in [0.1, 0.15) is 29.2 Å². The fraction of sp³-hybridized carbons (Fsp3) is 0.469. The Bertz CT molecular complexity index is 1620. The number of aryl methyl sites for hydroxylation is 2. The zero-order valence-electron chi connectivity index (χ0n) is 24.9. The zero-order valence-corrected chi connectivity index (χ0v) is 24.9. The summed E-state index contributed by atoms with van der Waals surface area (Å²) < 4.78 is 2.03. The maximum atomic E-state index is 13.4. The fourth-order valence-electron chi connectivity index (χ4n) is 5.26. The van der Waals surface area contributed by atoms with Crippen LogP contribution < -0.4 is 9.80 Å². The second-order valence-electron chi connectivity index (χ2n) is 11.7. The summed E-state index contributed by atoms with van der Waals surface area (Å²) in [6.45, 7) is 7.43. The maximum absolute atomic E-state index is 13.4. The highest BCUT2D eigenvalue weighted by Crippen LogP contribution is 2.40. The molecule has 0 N–H and O–H groups in total. The lowest BCUT2D eigenvalue weighted by atomic mass is 10.1. The molecule has 1 aromatic carbocycles. The molecule has 0 spiro atoms. The summed E-state index contributed by atoms with van der Waals surface area (Å²) in [5.74, 6) is 2.76. The number of imidazole rings is 1. The van der Waals surface area contributed by atoms with E-state index in [4.69, 9.17) is 4.98 Å². The van der Waals surface area contributed by atoms with Crippen LogP contribution in [0.3, 0.4) is 0 Å². The van der Waals surface area contributed by atoms with E-state index in [2.05, 4.69) is 26.9 Å². The van der Waals surface area contributed by atoms with Crippen LogP contribution in [0.5, 0.6) is 0 Å². The number of hydrogen-bond acceptors (Lipinski definition) is 7. The molecule has 2 saturated carbocycles. The Morgan fingerprint density at radius 2 is 1.71 bits per heavy atom. The van der Waals surface area contributed by atoms with Gasteiger partial charge in [-0.15, -0.1) is 0 Å². The monoisotopic (exact) mass is 566 g/mol. The molecule has 42 heavy (non-hydrogen) atoms. The number of hydrogen-bond donors (Lipinski definition) is 0. The topological polar surface area (TPSA) is 110 Å². The van der Waals surface area contributed by atoms with Gasteiger partial charge in [-0.3, -0.25) is 9.59 Å². The summed E-state index contributed by atoms with van der Waals surface area (Å²) in [6, 6.07) is 5.84. The first kappa shape index (κ1) is 27.9. The van der Waals surface area contributed by atoms with E-state index >= 15 is 0 Å². The number of carbonyl (C=O) groups excluding carboxylic acids is 2. The summed E-state index contributed by atoms with van der Waals surface area (Å²) >= 11 is 0. The molecule has 10 heteroatoms. The molecule has 7 rings (SSSR count). The molecular weight excluding hydrogens is 528 g/mol. The third-order valence-corrected chi connectivity index (χ3v) is 8.24. The molecule has 2 aliphatic carbocycles. The maximum Gasteiger partial charge on any atom is 0.230 e. The van der Waals surface area contributed by atoms with Gasteiger partial charge in [0.15, 0.2) is 5.65 Å². The van der Waals surface area contributed by atoms with E-state index < -0.39 is 0 Å². The van der Waals surface area contributed by atoms with E-state index in [1.807, 2.05) is 41.5 Å². The minimum Gasteiger partial charge on any atom is -0.314 e. The van der Waals surface area contributed by atoms with Crippen molar-refractivity contribution in [2.24, 2.45) is 11.8 Å². The standard InChI is InChI=1S/C28H30N8O2.C4H8/c1-4-35-26(20-14-29-17(2)30-15-20)33-25-24(31-16-32-27(25)35)19-10-11-21-22(13-19)36(28(38)18-8-9-18)12-6-5-7-23(37)34(21)3;1-4-2-3-4/h10-11,13-16,18H,4-9,12H2,1-3H3;4H,2-3H2,1H3. The lowest BCUT2D eigenvalue weighted by molar-refractivity contribution is -0.120. The SMILES string of the molecule is CC1CC1.CCn1c(-c2cnc(C)nc2)nc2c(-c3ccc4c(c3)N(C(=O)C3CC3)CCCCC(=O)N4C)ncnc21. The van der Waals surface area contributed by atoms with Crippen LogP contribution in [-0.2, 0) is 16.1 Å². The molecule has 1 aliphatic heterocycles. The summed E-state index contributed by atoms with van der Waals surface area (Å²) in [5.41, 5.74) is 5.15. The van der Waals surface area contributed by atoms with E-state index in [1.165, 1.54) is 12.8 Å². The van der Waals surface area contributed by atoms with Crippen LogP contribution in [0.25, 0.3) is 33.8 Å². The van der Waals surface area contributed by atoms with Crippen molar-refractivity contribution < 1.29 is 9.59 Å².